The van der Waals surface area contributed by atoms with Gasteiger partial charge < -0.3 is 0 Å². The Labute approximate surface area is 94.5 Å². The third-order valence-corrected chi connectivity index (χ3v) is 4.55. The molecule has 0 aliphatic heterocycles. The molecule has 0 saturated heterocycles. The van der Waals surface area contributed by atoms with E-state index >= 15 is 0 Å². The number of hydrogen-bond acceptors (Lipinski definition) is 0. The summed E-state index contributed by atoms with van der Waals surface area (Å²) in [6.07, 6.45) is 8.97. The Morgan fingerprint density at radius 3 is 2.73 bits per heavy atom. The van der Waals surface area contributed by atoms with Gasteiger partial charge >= 0.3 is 0 Å². The van der Waals surface area contributed by atoms with Gasteiger partial charge in [-0.15, -0.1) is 0 Å². The van der Waals surface area contributed by atoms with Crippen molar-refractivity contribution < 1.29 is 0 Å². The van der Waals surface area contributed by atoms with Crippen molar-refractivity contribution in [2.24, 2.45) is 17.3 Å². The molecule has 15 heavy (non-hydrogen) atoms. The van der Waals surface area contributed by atoms with Gasteiger partial charge in [0, 0.05) is 0 Å². The molecule has 0 heterocycles. The summed E-state index contributed by atoms with van der Waals surface area (Å²) < 4.78 is 0. The first-order chi connectivity index (χ1) is 7.00. The summed E-state index contributed by atoms with van der Waals surface area (Å²) in [6.45, 7) is 11.4. The van der Waals surface area contributed by atoms with Crippen LogP contribution in [0.25, 0.3) is 0 Å². The zero-order valence-corrected chi connectivity index (χ0v) is 10.5. The molecule has 1 saturated carbocycles. The van der Waals surface area contributed by atoms with E-state index in [-0.39, 0.29) is 0 Å². The molecular formula is C15H24. The Kier molecular flexibility index (Phi) is 2.79. The highest BCUT2D eigenvalue weighted by molar-refractivity contribution is 5.16. The molecule has 84 valence electrons. The predicted molar refractivity (Wildman–Crippen MR) is 66.7 cm³/mol. The molecule has 0 radical (unpaired) electrons. The number of hydrogen-bond donors (Lipinski definition) is 0. The summed E-state index contributed by atoms with van der Waals surface area (Å²) in [4.78, 5) is 0. The Morgan fingerprint density at radius 1 is 1.33 bits per heavy atom. The lowest BCUT2D eigenvalue weighted by Crippen LogP contribution is -2.44. The van der Waals surface area contributed by atoms with E-state index in [2.05, 4.69) is 33.4 Å². The largest absolute Gasteiger partial charge is 0.0996 e. The fraction of sp³-hybridized carbons (Fsp3) is 0.733. The minimum atomic E-state index is 0.550. The Bertz CT molecular complexity index is 293. The van der Waals surface area contributed by atoms with Crippen molar-refractivity contribution in [3.05, 3.63) is 23.8 Å². The van der Waals surface area contributed by atoms with Crippen LogP contribution in [0.3, 0.4) is 0 Å². The molecule has 2 aliphatic rings. The van der Waals surface area contributed by atoms with Crippen molar-refractivity contribution in [2.45, 2.75) is 52.9 Å². The van der Waals surface area contributed by atoms with Crippen LogP contribution in [0.5, 0.6) is 0 Å². The minimum Gasteiger partial charge on any atom is -0.0996 e. The van der Waals surface area contributed by atoms with Crippen LogP contribution in [0.1, 0.15) is 52.9 Å². The summed E-state index contributed by atoms with van der Waals surface area (Å²) in [7, 11) is 0. The molecule has 0 aromatic carbocycles. The summed E-state index contributed by atoms with van der Waals surface area (Å²) in [5.74, 6) is 1.68. The molecule has 0 aromatic heterocycles. The van der Waals surface area contributed by atoms with Gasteiger partial charge in [-0.3, -0.25) is 0 Å². The van der Waals surface area contributed by atoms with Gasteiger partial charge in [-0.1, -0.05) is 37.6 Å². The van der Waals surface area contributed by atoms with E-state index in [1.54, 1.807) is 5.57 Å². The maximum Gasteiger partial charge on any atom is -0.0164 e. The topological polar surface area (TPSA) is 0 Å². The van der Waals surface area contributed by atoms with Gasteiger partial charge in [0.05, 0.1) is 0 Å². The second kappa shape index (κ2) is 3.81. The van der Waals surface area contributed by atoms with Crippen LogP contribution < -0.4 is 0 Å². The van der Waals surface area contributed by atoms with Gasteiger partial charge in [0.2, 0.25) is 0 Å². The van der Waals surface area contributed by atoms with Crippen molar-refractivity contribution in [2.75, 3.05) is 0 Å². The lowest BCUT2D eigenvalue weighted by molar-refractivity contribution is 0.0121. The van der Waals surface area contributed by atoms with Crippen LogP contribution in [0.15, 0.2) is 23.8 Å². The van der Waals surface area contributed by atoms with Crippen molar-refractivity contribution in [1.82, 2.24) is 0 Å². The molecule has 0 heteroatoms. The van der Waals surface area contributed by atoms with E-state index in [9.17, 15) is 0 Å². The molecule has 0 unspecified atom stereocenters. The van der Waals surface area contributed by atoms with Gasteiger partial charge in [-0.05, 0) is 56.3 Å². The molecule has 2 atom stereocenters. The van der Waals surface area contributed by atoms with E-state index in [0.717, 1.165) is 11.8 Å². The molecular weight excluding hydrogens is 180 g/mol. The van der Waals surface area contributed by atoms with E-state index < -0.39 is 0 Å². The maximum absolute atomic E-state index is 4.31. The summed E-state index contributed by atoms with van der Waals surface area (Å²) in [5.41, 5.74) is 3.67. The molecule has 0 bridgehead atoms. The zero-order valence-electron chi connectivity index (χ0n) is 10.5. The summed E-state index contributed by atoms with van der Waals surface area (Å²) in [6, 6.07) is 0. The minimum absolute atomic E-state index is 0.550. The molecule has 0 aromatic rings. The highest BCUT2D eigenvalue weighted by atomic mass is 14.5. The second-order valence-corrected chi connectivity index (χ2v) is 6.20. The molecule has 0 N–H and O–H groups in total. The smallest absolute Gasteiger partial charge is 0.0164 e. The predicted octanol–water partition coefficient (Wildman–Crippen LogP) is 4.73. The van der Waals surface area contributed by atoms with Crippen LogP contribution in [0.4, 0.5) is 0 Å². The van der Waals surface area contributed by atoms with Gasteiger partial charge in [0.15, 0.2) is 0 Å². The van der Waals surface area contributed by atoms with Gasteiger partial charge in [-0.2, -0.15) is 0 Å². The van der Waals surface area contributed by atoms with E-state index in [1.165, 1.54) is 37.7 Å². The average Bonchev–Trinajstić information content (AvgIpc) is 2.18. The van der Waals surface area contributed by atoms with Gasteiger partial charge in [0.1, 0.15) is 0 Å². The van der Waals surface area contributed by atoms with Crippen LogP contribution in [0, 0.1) is 17.3 Å². The molecule has 0 spiro atoms. The van der Waals surface area contributed by atoms with Crippen LogP contribution in [-0.2, 0) is 0 Å². The monoisotopic (exact) mass is 204 g/mol. The van der Waals surface area contributed by atoms with Crippen LogP contribution in [0.2, 0.25) is 0 Å². The SMILES string of the molecule is C=C1CCC/C(C)=C\C[C@@H]2[C@@H]1CC2(C)C. The first-order valence-electron chi connectivity index (χ1n) is 6.34. The highest BCUT2D eigenvalue weighted by Gasteiger charge is 2.47. The van der Waals surface area contributed by atoms with Crippen molar-refractivity contribution in [1.29, 1.82) is 0 Å². The zero-order chi connectivity index (χ0) is 11.1. The molecule has 2 rings (SSSR count). The Hall–Kier alpha value is -0.520. The van der Waals surface area contributed by atoms with E-state index in [1.807, 2.05) is 0 Å². The average molecular weight is 204 g/mol. The Balaban J connectivity index is 2.15. The highest BCUT2D eigenvalue weighted by Crippen LogP contribution is 2.56. The molecule has 0 amide bonds. The van der Waals surface area contributed by atoms with E-state index in [0.29, 0.717) is 5.41 Å². The maximum atomic E-state index is 4.31. The van der Waals surface area contributed by atoms with Crippen LogP contribution in [-0.4, -0.2) is 0 Å². The van der Waals surface area contributed by atoms with E-state index in [4.69, 9.17) is 0 Å². The fourth-order valence-electron chi connectivity index (χ4n) is 3.37. The number of fused-ring (bicyclic) bond motifs is 1. The number of allylic oxidation sites excluding steroid dienone is 3. The lowest BCUT2D eigenvalue weighted by atomic mass is 9.52. The van der Waals surface area contributed by atoms with Crippen molar-refractivity contribution >= 4 is 0 Å². The van der Waals surface area contributed by atoms with Gasteiger partial charge in [-0.25, -0.2) is 0 Å². The quantitative estimate of drug-likeness (QED) is 0.501. The first-order valence-corrected chi connectivity index (χ1v) is 6.34. The second-order valence-electron chi connectivity index (χ2n) is 6.20. The van der Waals surface area contributed by atoms with Crippen LogP contribution >= 0.6 is 0 Å². The van der Waals surface area contributed by atoms with Gasteiger partial charge in [0.25, 0.3) is 0 Å². The van der Waals surface area contributed by atoms with Crippen molar-refractivity contribution in [3.63, 3.8) is 0 Å². The molecule has 1 fully saturated rings. The first kappa shape index (κ1) is 11.0. The third kappa shape index (κ3) is 2.04. The fourth-order valence-corrected chi connectivity index (χ4v) is 3.37. The summed E-state index contributed by atoms with van der Waals surface area (Å²) >= 11 is 0. The normalized spacial score (nSPS) is 38.9. The standard InChI is InChI=1S/C15H24/c1-11-6-5-7-12(2)13-10-15(3,4)14(13)9-8-11/h8,13-14H,2,5-7,9-10H2,1,3-4H3/b11-8-/t13-,14-/m1/s1. The number of rotatable bonds is 0. The Morgan fingerprint density at radius 2 is 2.07 bits per heavy atom. The molecule has 2 aliphatic carbocycles. The third-order valence-electron chi connectivity index (χ3n) is 4.55. The lowest BCUT2D eigenvalue weighted by Gasteiger charge is -2.52. The summed E-state index contributed by atoms with van der Waals surface area (Å²) in [5, 5.41) is 0. The van der Waals surface area contributed by atoms with Crippen molar-refractivity contribution in [3.8, 4) is 0 Å². The molecule has 0 nitrogen and oxygen atoms in total.